The van der Waals surface area contributed by atoms with Crippen molar-refractivity contribution in [3.05, 3.63) is 60.1 Å². The molecule has 2 aliphatic rings. The van der Waals surface area contributed by atoms with Crippen molar-refractivity contribution in [1.29, 1.82) is 0 Å². The maximum absolute atomic E-state index is 5.51. The standard InChI is InChI=1S/C24H35N3O/c1-25(22-12-16-27(17-13-22)20-24-10-6-18-28-24)23-9-5-14-26(19-23)15-11-21-7-3-2-4-8-21/h2-4,6-8,10,18,22-23H,5,9,11-17,19-20H2,1H3/t23-/m0/s1. The minimum Gasteiger partial charge on any atom is -0.468 e. The third-order valence-corrected chi connectivity index (χ3v) is 6.71. The van der Waals surface area contributed by atoms with Gasteiger partial charge in [-0.2, -0.15) is 0 Å². The lowest BCUT2D eigenvalue weighted by atomic mass is 9.97. The van der Waals surface area contributed by atoms with Crippen molar-refractivity contribution >= 4 is 0 Å². The summed E-state index contributed by atoms with van der Waals surface area (Å²) in [5, 5.41) is 0. The zero-order valence-corrected chi connectivity index (χ0v) is 17.3. The van der Waals surface area contributed by atoms with Crippen LogP contribution in [-0.2, 0) is 13.0 Å². The molecule has 1 aromatic carbocycles. The van der Waals surface area contributed by atoms with Gasteiger partial charge in [0.25, 0.3) is 0 Å². The highest BCUT2D eigenvalue weighted by Gasteiger charge is 2.30. The number of likely N-dealkylation sites (tertiary alicyclic amines) is 2. The summed E-state index contributed by atoms with van der Waals surface area (Å²) in [4.78, 5) is 7.93. The van der Waals surface area contributed by atoms with Gasteiger partial charge in [-0.15, -0.1) is 0 Å². The zero-order chi connectivity index (χ0) is 19.2. The van der Waals surface area contributed by atoms with Gasteiger partial charge in [-0.25, -0.2) is 0 Å². The van der Waals surface area contributed by atoms with Gasteiger partial charge in [0.1, 0.15) is 5.76 Å². The molecule has 2 aliphatic heterocycles. The van der Waals surface area contributed by atoms with Crippen LogP contribution >= 0.6 is 0 Å². The van der Waals surface area contributed by atoms with Crippen LogP contribution in [0, 0.1) is 0 Å². The Bertz CT molecular complexity index is 679. The molecule has 0 bridgehead atoms. The predicted octanol–water partition coefficient (Wildman–Crippen LogP) is 3.88. The molecule has 152 valence electrons. The van der Waals surface area contributed by atoms with E-state index in [0.29, 0.717) is 6.04 Å². The van der Waals surface area contributed by atoms with E-state index in [1.165, 1.54) is 70.4 Å². The first-order valence-corrected chi connectivity index (χ1v) is 11.0. The average Bonchev–Trinajstić information content (AvgIpc) is 3.26. The van der Waals surface area contributed by atoms with Gasteiger partial charge in [0, 0.05) is 38.3 Å². The topological polar surface area (TPSA) is 22.9 Å². The van der Waals surface area contributed by atoms with Crippen LogP contribution in [0.2, 0.25) is 0 Å². The highest BCUT2D eigenvalue weighted by atomic mass is 16.3. The van der Waals surface area contributed by atoms with E-state index in [2.05, 4.69) is 58.1 Å². The number of rotatable bonds is 7. The molecule has 0 amide bonds. The van der Waals surface area contributed by atoms with E-state index in [1.807, 2.05) is 6.07 Å². The molecule has 1 atom stereocenters. The molecular weight excluding hydrogens is 346 g/mol. The number of nitrogens with zero attached hydrogens (tertiary/aromatic N) is 3. The first-order valence-electron chi connectivity index (χ1n) is 11.0. The molecule has 4 heteroatoms. The van der Waals surface area contributed by atoms with Crippen LogP contribution in [0.1, 0.15) is 37.0 Å². The fourth-order valence-electron chi connectivity index (χ4n) is 4.90. The average molecular weight is 382 g/mol. The van der Waals surface area contributed by atoms with Gasteiger partial charge < -0.3 is 9.32 Å². The van der Waals surface area contributed by atoms with Crippen LogP contribution in [0.15, 0.2) is 53.1 Å². The number of likely N-dealkylation sites (N-methyl/N-ethyl adjacent to an activating group) is 1. The molecule has 28 heavy (non-hydrogen) atoms. The molecule has 0 N–H and O–H groups in total. The number of piperidine rings is 2. The maximum atomic E-state index is 5.51. The minimum absolute atomic E-state index is 0.714. The van der Waals surface area contributed by atoms with Crippen LogP contribution in [0.4, 0.5) is 0 Å². The summed E-state index contributed by atoms with van der Waals surface area (Å²) in [5.74, 6) is 1.09. The fourth-order valence-corrected chi connectivity index (χ4v) is 4.90. The zero-order valence-electron chi connectivity index (χ0n) is 17.3. The van der Waals surface area contributed by atoms with Gasteiger partial charge in [0.15, 0.2) is 0 Å². The molecule has 4 rings (SSSR count). The number of benzene rings is 1. The molecule has 0 radical (unpaired) electrons. The smallest absolute Gasteiger partial charge is 0.117 e. The number of hydrogen-bond acceptors (Lipinski definition) is 4. The molecule has 1 aromatic heterocycles. The van der Waals surface area contributed by atoms with Gasteiger partial charge in [-0.3, -0.25) is 9.80 Å². The van der Waals surface area contributed by atoms with E-state index in [-0.39, 0.29) is 0 Å². The van der Waals surface area contributed by atoms with Gasteiger partial charge in [-0.1, -0.05) is 30.3 Å². The quantitative estimate of drug-likeness (QED) is 0.726. The van der Waals surface area contributed by atoms with Crippen LogP contribution in [0.25, 0.3) is 0 Å². The van der Waals surface area contributed by atoms with E-state index in [4.69, 9.17) is 4.42 Å². The summed E-state index contributed by atoms with van der Waals surface area (Å²) >= 11 is 0. The van der Waals surface area contributed by atoms with Gasteiger partial charge in [-0.05, 0) is 63.4 Å². The Hall–Kier alpha value is -1.62. The summed E-state index contributed by atoms with van der Waals surface area (Å²) in [7, 11) is 2.37. The van der Waals surface area contributed by atoms with Crippen molar-refractivity contribution < 1.29 is 4.42 Å². The highest BCUT2D eigenvalue weighted by molar-refractivity contribution is 5.14. The first-order chi connectivity index (χ1) is 13.8. The third kappa shape index (κ3) is 5.25. The van der Waals surface area contributed by atoms with Crippen molar-refractivity contribution in [1.82, 2.24) is 14.7 Å². The predicted molar refractivity (Wildman–Crippen MR) is 114 cm³/mol. The van der Waals surface area contributed by atoms with E-state index < -0.39 is 0 Å². The second-order valence-electron chi connectivity index (χ2n) is 8.58. The first kappa shape index (κ1) is 19.7. The van der Waals surface area contributed by atoms with Crippen molar-refractivity contribution in [2.24, 2.45) is 0 Å². The number of hydrogen-bond donors (Lipinski definition) is 0. The number of furan rings is 1. The van der Waals surface area contributed by atoms with Crippen molar-refractivity contribution in [3.63, 3.8) is 0 Å². The Kier molecular flexibility index (Phi) is 6.84. The van der Waals surface area contributed by atoms with Crippen molar-refractivity contribution in [2.45, 2.75) is 50.7 Å². The van der Waals surface area contributed by atoms with Gasteiger partial charge in [0.2, 0.25) is 0 Å². The molecule has 0 saturated carbocycles. The Labute approximate surface area is 170 Å². The normalized spacial score (nSPS) is 22.7. The summed E-state index contributed by atoms with van der Waals surface area (Å²) in [6.07, 6.45) is 8.19. The van der Waals surface area contributed by atoms with E-state index >= 15 is 0 Å². The molecule has 2 saturated heterocycles. The minimum atomic E-state index is 0.714. The molecular formula is C24H35N3O. The Balaban J connectivity index is 1.22. The maximum Gasteiger partial charge on any atom is 0.117 e. The summed E-state index contributed by atoms with van der Waals surface area (Å²) in [6, 6.07) is 16.4. The lowest BCUT2D eigenvalue weighted by Gasteiger charge is -2.44. The van der Waals surface area contributed by atoms with Crippen molar-refractivity contribution in [2.75, 3.05) is 39.8 Å². The largest absolute Gasteiger partial charge is 0.468 e. The fraction of sp³-hybridized carbons (Fsp3) is 0.583. The van der Waals surface area contributed by atoms with Gasteiger partial charge >= 0.3 is 0 Å². The second kappa shape index (κ2) is 9.73. The molecule has 0 spiro atoms. The molecule has 4 nitrogen and oxygen atoms in total. The monoisotopic (exact) mass is 381 g/mol. The van der Waals surface area contributed by atoms with E-state index in [1.54, 1.807) is 6.26 Å². The molecule has 3 heterocycles. The molecule has 2 aromatic rings. The third-order valence-electron chi connectivity index (χ3n) is 6.71. The van der Waals surface area contributed by atoms with Crippen molar-refractivity contribution in [3.8, 4) is 0 Å². The second-order valence-corrected chi connectivity index (χ2v) is 8.58. The summed E-state index contributed by atoms with van der Waals surface area (Å²) in [5.41, 5.74) is 1.46. The summed E-state index contributed by atoms with van der Waals surface area (Å²) < 4.78 is 5.51. The Morgan fingerprint density at radius 2 is 1.75 bits per heavy atom. The Morgan fingerprint density at radius 3 is 2.50 bits per heavy atom. The Morgan fingerprint density at radius 1 is 0.929 bits per heavy atom. The van der Waals surface area contributed by atoms with Gasteiger partial charge in [0.05, 0.1) is 12.8 Å². The molecule has 0 unspecified atom stereocenters. The lowest BCUT2D eigenvalue weighted by Crippen LogP contribution is -2.52. The molecule has 2 fully saturated rings. The van der Waals surface area contributed by atoms with Crippen LogP contribution in [-0.4, -0.2) is 66.6 Å². The van der Waals surface area contributed by atoms with E-state index in [9.17, 15) is 0 Å². The van der Waals surface area contributed by atoms with E-state index in [0.717, 1.165) is 18.3 Å². The lowest BCUT2D eigenvalue weighted by molar-refractivity contribution is 0.0514. The highest BCUT2D eigenvalue weighted by Crippen LogP contribution is 2.23. The SMILES string of the molecule is CN(C1CCN(Cc2ccco2)CC1)[C@H]1CCCN(CCc2ccccc2)C1. The van der Waals surface area contributed by atoms with Crippen LogP contribution < -0.4 is 0 Å². The summed E-state index contributed by atoms with van der Waals surface area (Å²) in [6.45, 7) is 7.01. The molecule has 0 aliphatic carbocycles. The van der Waals surface area contributed by atoms with Crippen LogP contribution in [0.3, 0.4) is 0 Å². The van der Waals surface area contributed by atoms with Crippen LogP contribution in [0.5, 0.6) is 0 Å².